The van der Waals surface area contributed by atoms with Crippen molar-refractivity contribution < 1.29 is 0 Å². The Morgan fingerprint density at radius 1 is 0.229 bits per heavy atom. The van der Waals surface area contributed by atoms with Crippen LogP contribution in [-0.4, -0.2) is 36.5 Å². The zero-order valence-electron chi connectivity index (χ0n) is 82.8. The summed E-state index contributed by atoms with van der Waals surface area (Å²) in [4.78, 5) is 0. The first-order chi connectivity index (χ1) is 69.1. The van der Waals surface area contributed by atoms with Crippen LogP contribution in [0.3, 0.4) is 0 Å². The molecule has 6 heteroatoms. The minimum atomic E-state index is -1.85. The number of allylic oxidation sites excluding steroid dienone is 1. The standard InChI is InChI=1S/C29H24P.C22H24P.2C21H20P.C21H36P.C20H18P/c1-4-14-27(15-5-1)30(28-16-6-2-7-17-28,29-18-8-3-9-19-29)23-24-20-21-25-12-10-11-13-26(25)22-24;1-2-3-19-23(20-13-7-4-8-14-20,21-15-9-5-10-16-21)22-17-11-6-12-18-22;1-4-10-18(11-5-1)22(21-16-17-21,19-12-6-2-7-13-19)20-14-8-3-9-15-20;1-2-18-22(19-12-6-3-7-13-19,20-14-8-4-9-15-20)21-16-10-5-11-17-21;1-5-9-16-22(17-10-6-2,18-11-7-3)19-21-14-12-20(8-4)13-15-21;1-2-21(18-12-6-3-7-13-18,19-14-8-4-9-15-19)20-16-10-5-11-17-20/h1-22H,23H2;4-18H,2-3,19H2,1H3;1-15,21H,16-17H2;2-17H,1,18H2;8,12-15H,4-7,9-11,16-19H2,1-3H3;2-17H,1H2/q6*+1. The van der Waals surface area contributed by atoms with Gasteiger partial charge in [-0.1, -0.05) is 419 Å². The highest BCUT2D eigenvalue weighted by atomic mass is 31.2. The Labute approximate surface area is 844 Å². The second-order valence-electron chi connectivity index (χ2n) is 36.4. The molecule has 0 saturated heterocycles. The predicted molar refractivity (Wildman–Crippen MR) is 638 cm³/mol. The fourth-order valence-corrected chi connectivity index (χ4v) is 46.4. The second-order valence-corrected chi connectivity index (χ2v) is 58.4. The molecule has 0 atom stereocenters. The molecule has 702 valence electrons. The Morgan fingerprint density at radius 3 is 0.736 bits per heavy atom. The first-order valence-electron chi connectivity index (χ1n) is 50.7. The van der Waals surface area contributed by atoms with Gasteiger partial charge in [-0.2, -0.15) is 0 Å². The summed E-state index contributed by atoms with van der Waals surface area (Å²) in [5.74, 6) is 2.16. The third-order valence-electron chi connectivity index (χ3n) is 27.3. The first-order valence-corrected chi connectivity index (χ1v) is 62.8. The van der Waals surface area contributed by atoms with Crippen LogP contribution >= 0.6 is 43.6 Å². The normalized spacial score (nSPS) is 11.9. The summed E-state index contributed by atoms with van der Waals surface area (Å²) in [6.07, 6.45) is 26.6. The van der Waals surface area contributed by atoms with Crippen LogP contribution in [0.1, 0.15) is 109 Å². The molecule has 1 aliphatic carbocycles. The topological polar surface area (TPSA) is 0 Å². The summed E-state index contributed by atoms with van der Waals surface area (Å²) in [5, 5.41) is 24.2. The zero-order chi connectivity index (χ0) is 97.1. The quantitative estimate of drug-likeness (QED) is 0.0271. The van der Waals surface area contributed by atoms with Crippen molar-refractivity contribution in [1.82, 2.24) is 0 Å². The fourth-order valence-electron chi connectivity index (χ4n) is 20.1. The van der Waals surface area contributed by atoms with Gasteiger partial charge in [0.1, 0.15) is 116 Å². The van der Waals surface area contributed by atoms with Gasteiger partial charge < -0.3 is 0 Å². The molecule has 1 fully saturated rings. The van der Waals surface area contributed by atoms with Crippen molar-refractivity contribution in [3.63, 3.8) is 0 Å². The minimum Gasteiger partial charge on any atom is -0.0995 e. The lowest BCUT2D eigenvalue weighted by Gasteiger charge is -2.28. The van der Waals surface area contributed by atoms with Crippen LogP contribution in [0, 0.1) is 0 Å². The Kier molecular flexibility index (Phi) is 40.2. The summed E-state index contributed by atoms with van der Waals surface area (Å²) in [6, 6.07) is 190. The molecule has 0 heterocycles. The van der Waals surface area contributed by atoms with Crippen molar-refractivity contribution in [2.24, 2.45) is 0 Å². The molecule has 18 aromatic carbocycles. The number of benzene rings is 18. The van der Waals surface area contributed by atoms with Crippen molar-refractivity contribution in [3.8, 4) is 0 Å². The molecule has 0 radical (unpaired) electrons. The second kappa shape index (κ2) is 54.1. The number of rotatable bonds is 36. The van der Waals surface area contributed by atoms with Crippen molar-refractivity contribution in [1.29, 1.82) is 0 Å². The van der Waals surface area contributed by atoms with Gasteiger partial charge in [-0.3, -0.25) is 0 Å². The first kappa shape index (κ1) is 104. The van der Waals surface area contributed by atoms with E-state index in [4.69, 9.17) is 0 Å². The average molecular weight is 1940 g/mol. The number of hydrogen-bond acceptors (Lipinski definition) is 0. The van der Waals surface area contributed by atoms with E-state index in [9.17, 15) is 0 Å². The van der Waals surface area contributed by atoms with Crippen LogP contribution in [0.15, 0.2) is 553 Å². The maximum atomic E-state index is 4.21. The molecule has 0 aliphatic heterocycles. The van der Waals surface area contributed by atoms with Gasteiger partial charge in [0.05, 0.1) is 54.6 Å². The fraction of sp³-hybridized carbons (Fsp3) is 0.164. The monoisotopic (exact) mass is 1940 g/mol. The van der Waals surface area contributed by atoms with Gasteiger partial charge >= 0.3 is 0 Å². The summed E-state index contributed by atoms with van der Waals surface area (Å²) < 4.78 is 0. The van der Waals surface area contributed by atoms with Crippen LogP contribution in [0.5, 0.6) is 0 Å². The molecule has 0 nitrogen and oxygen atoms in total. The molecule has 0 N–H and O–H groups in total. The molecule has 0 spiro atoms. The number of fused-ring (bicyclic) bond motifs is 1. The van der Waals surface area contributed by atoms with E-state index in [2.05, 4.69) is 581 Å². The molecule has 19 rings (SSSR count). The Morgan fingerprint density at radius 2 is 0.471 bits per heavy atom. The lowest BCUT2D eigenvalue weighted by molar-refractivity contribution is 0.832. The SMILES string of the molecule is C=CC[P+](c1ccccc1)(c1ccccc1)c1ccccc1.C=C[P+](c1ccccc1)(c1ccccc1)c1ccccc1.C=Cc1ccc(C[P+](CCCC)(CCCC)CCCC)cc1.CCCC[P+](c1ccccc1)(c1ccccc1)c1ccccc1.c1ccc([P+](Cc2ccc3ccccc3c2)(c2ccccc2)c2ccccc2)cc1.c1ccc([P+](c2ccccc2)(c2ccccc2)C2CC2)cc1. The van der Waals surface area contributed by atoms with Gasteiger partial charge in [0.2, 0.25) is 0 Å². The average Bonchev–Trinajstić information content (AvgIpc) is 1.54. The molecule has 0 aromatic heterocycles. The third-order valence-corrected chi connectivity index (χ3v) is 54.2. The maximum absolute atomic E-state index is 4.21. The lowest BCUT2D eigenvalue weighted by Crippen LogP contribution is -2.34. The van der Waals surface area contributed by atoms with E-state index >= 15 is 0 Å². The van der Waals surface area contributed by atoms with Crippen LogP contribution in [0.4, 0.5) is 0 Å². The van der Waals surface area contributed by atoms with Crippen molar-refractivity contribution in [3.05, 3.63) is 570 Å². The smallest absolute Gasteiger partial charge is 0.0995 e. The molecule has 0 amide bonds. The summed E-state index contributed by atoms with van der Waals surface area (Å²) >= 11 is 0. The van der Waals surface area contributed by atoms with Gasteiger partial charge in [0, 0.05) is 7.26 Å². The zero-order valence-corrected chi connectivity index (χ0v) is 88.2. The van der Waals surface area contributed by atoms with E-state index in [1.165, 1.54) is 196 Å². The summed E-state index contributed by atoms with van der Waals surface area (Å²) in [7, 11) is -9.20. The van der Waals surface area contributed by atoms with E-state index in [1.807, 2.05) is 6.08 Å². The van der Waals surface area contributed by atoms with Crippen molar-refractivity contribution in [2.75, 3.05) is 30.8 Å². The van der Waals surface area contributed by atoms with Gasteiger partial charge in [-0.25, -0.2) is 0 Å². The van der Waals surface area contributed by atoms with Crippen LogP contribution in [-0.2, 0) is 12.3 Å². The van der Waals surface area contributed by atoms with E-state index in [1.54, 1.807) is 5.56 Å². The largest absolute Gasteiger partial charge is 0.136 e. The summed E-state index contributed by atoms with van der Waals surface area (Å²) in [5.41, 5.74) is 4.99. The maximum Gasteiger partial charge on any atom is 0.136 e. The van der Waals surface area contributed by atoms with Crippen LogP contribution in [0.2, 0.25) is 0 Å². The highest BCUT2D eigenvalue weighted by molar-refractivity contribution is 7.98. The van der Waals surface area contributed by atoms with Gasteiger partial charge in [0.25, 0.3) is 0 Å². The van der Waals surface area contributed by atoms with E-state index in [0.29, 0.717) is 0 Å². The van der Waals surface area contributed by atoms with Crippen molar-refractivity contribution >= 4 is 140 Å². The Hall–Kier alpha value is -12.0. The molecule has 0 bridgehead atoms. The molecule has 18 aromatic rings. The Balaban J connectivity index is 0.000000134. The van der Waals surface area contributed by atoms with Crippen LogP contribution < -0.4 is 79.6 Å². The van der Waals surface area contributed by atoms with E-state index in [-0.39, 0.29) is 0 Å². The van der Waals surface area contributed by atoms with Crippen LogP contribution in [0.25, 0.3) is 16.8 Å². The molecule has 0 unspecified atom stereocenters. The molecular formula is C134H142P6+6. The third kappa shape index (κ3) is 25.9. The predicted octanol–water partition coefficient (Wildman–Crippen LogP) is 30.8. The molecule has 1 aliphatic rings. The van der Waals surface area contributed by atoms with Crippen molar-refractivity contribution in [2.45, 2.75) is 110 Å². The van der Waals surface area contributed by atoms with E-state index in [0.717, 1.165) is 18.0 Å². The van der Waals surface area contributed by atoms with Gasteiger partial charge in [-0.15, -0.1) is 0 Å². The lowest BCUT2D eigenvalue weighted by atomic mass is 10.1. The summed E-state index contributed by atoms with van der Waals surface area (Å²) in [6.45, 7) is 21.4. The highest BCUT2D eigenvalue weighted by Crippen LogP contribution is 2.68. The molecular weight excluding hydrogens is 1800 g/mol. The molecule has 1 saturated carbocycles. The van der Waals surface area contributed by atoms with Gasteiger partial charge in [-0.05, 0) is 254 Å². The molecule has 140 heavy (non-hydrogen) atoms. The van der Waals surface area contributed by atoms with Gasteiger partial charge in [0.15, 0.2) is 0 Å². The highest BCUT2D eigenvalue weighted by Gasteiger charge is 2.57. The number of unbranched alkanes of at least 4 members (excludes halogenated alkanes) is 4. The Bertz CT molecular complexity index is 6060. The number of hydrogen-bond donors (Lipinski definition) is 0. The minimum absolute atomic E-state index is 0.805. The van der Waals surface area contributed by atoms with E-state index < -0.39 is 43.6 Å².